The first kappa shape index (κ1) is 21.7. The van der Waals surface area contributed by atoms with E-state index in [0.29, 0.717) is 11.6 Å². The van der Waals surface area contributed by atoms with Crippen LogP contribution in [-0.4, -0.2) is 29.2 Å². The molecule has 2 aromatic heterocycles. The quantitative estimate of drug-likeness (QED) is 0.832. The lowest BCUT2D eigenvalue weighted by Gasteiger charge is -2.09. The number of hydrogen-bond acceptors (Lipinski definition) is 5. The summed E-state index contributed by atoms with van der Waals surface area (Å²) in [7, 11) is 2.88. The molecule has 0 aliphatic heterocycles. The highest BCUT2D eigenvalue weighted by Gasteiger charge is 2.09. The Kier molecular flexibility index (Phi) is 10.2. The molecular formula is C17H25F2N3O2. The van der Waals surface area contributed by atoms with Crippen LogP contribution >= 0.6 is 0 Å². The highest BCUT2D eigenvalue weighted by molar-refractivity contribution is 5.29. The lowest BCUT2D eigenvalue weighted by Crippen LogP contribution is -1.98. The van der Waals surface area contributed by atoms with Gasteiger partial charge in [-0.3, -0.25) is 4.98 Å². The molecule has 0 N–H and O–H groups in total. The average Bonchev–Trinajstić information content (AvgIpc) is 2.59. The van der Waals surface area contributed by atoms with Crippen molar-refractivity contribution in [1.29, 1.82) is 0 Å². The van der Waals surface area contributed by atoms with Gasteiger partial charge in [0.25, 0.3) is 5.88 Å². The normalized spacial score (nSPS) is 9.42. The van der Waals surface area contributed by atoms with Crippen molar-refractivity contribution < 1.29 is 18.3 Å². The Hall–Kier alpha value is -2.31. The maximum Gasteiger partial charge on any atom is 0.253 e. The molecule has 2 aromatic rings. The zero-order chi connectivity index (χ0) is 18.7. The maximum atomic E-state index is 12.7. The van der Waals surface area contributed by atoms with Crippen molar-refractivity contribution in [3.05, 3.63) is 41.6 Å². The molecule has 0 bridgehead atoms. The molecule has 0 aromatic carbocycles. The Morgan fingerprint density at radius 1 is 1.00 bits per heavy atom. The summed E-state index contributed by atoms with van der Waals surface area (Å²) in [6.45, 7) is 9.65. The Morgan fingerprint density at radius 3 is 2.08 bits per heavy atom. The van der Waals surface area contributed by atoms with E-state index >= 15 is 0 Å². The number of halogens is 2. The molecule has 5 nitrogen and oxygen atoms in total. The van der Waals surface area contributed by atoms with Gasteiger partial charge in [-0.2, -0.15) is 9.37 Å². The van der Waals surface area contributed by atoms with Crippen molar-refractivity contribution in [3.63, 3.8) is 0 Å². The molecule has 0 aliphatic carbocycles. The van der Waals surface area contributed by atoms with Crippen LogP contribution in [0.15, 0.2) is 18.5 Å². The molecule has 134 valence electrons. The number of aromatic nitrogens is 3. The van der Waals surface area contributed by atoms with Crippen LogP contribution in [0.2, 0.25) is 0 Å². The fourth-order valence-corrected chi connectivity index (χ4v) is 1.61. The van der Waals surface area contributed by atoms with Crippen molar-refractivity contribution in [2.45, 2.75) is 40.5 Å². The largest absolute Gasteiger partial charge is 0.495 e. The zero-order valence-electron chi connectivity index (χ0n) is 15.2. The second-order valence-corrected chi connectivity index (χ2v) is 4.67. The molecule has 2 heterocycles. The summed E-state index contributed by atoms with van der Waals surface area (Å²) >= 11 is 0. The summed E-state index contributed by atoms with van der Waals surface area (Å²) in [5, 5.41) is 0. The van der Waals surface area contributed by atoms with Crippen molar-refractivity contribution in [3.8, 4) is 11.6 Å². The molecule has 0 atom stereocenters. The van der Waals surface area contributed by atoms with Gasteiger partial charge in [0.15, 0.2) is 0 Å². The van der Waals surface area contributed by atoms with Crippen LogP contribution in [0.3, 0.4) is 0 Å². The van der Waals surface area contributed by atoms with Crippen LogP contribution in [0.5, 0.6) is 11.6 Å². The molecule has 0 fully saturated rings. The number of rotatable bonds is 3. The summed E-state index contributed by atoms with van der Waals surface area (Å²) in [5.41, 5.74) is 0.791. The van der Waals surface area contributed by atoms with Crippen LogP contribution in [0.4, 0.5) is 8.78 Å². The molecule has 0 spiro atoms. The van der Waals surface area contributed by atoms with Crippen LogP contribution < -0.4 is 9.47 Å². The number of methoxy groups -OCH3 is 2. The average molecular weight is 341 g/mol. The van der Waals surface area contributed by atoms with E-state index in [2.05, 4.69) is 19.7 Å². The maximum absolute atomic E-state index is 12.7. The van der Waals surface area contributed by atoms with Gasteiger partial charge >= 0.3 is 0 Å². The minimum absolute atomic E-state index is 0.00694. The van der Waals surface area contributed by atoms with Crippen LogP contribution in [-0.2, 0) is 0 Å². The second kappa shape index (κ2) is 11.3. The molecule has 0 saturated carbocycles. The fraction of sp³-hybridized carbons (Fsp3) is 0.471. The van der Waals surface area contributed by atoms with Crippen LogP contribution in [0.1, 0.15) is 45.1 Å². The van der Waals surface area contributed by atoms with E-state index in [9.17, 15) is 8.78 Å². The molecule has 0 saturated heterocycles. The van der Waals surface area contributed by atoms with Gasteiger partial charge in [0.05, 0.1) is 32.3 Å². The number of pyridine rings is 1. The van der Waals surface area contributed by atoms with E-state index in [0.717, 1.165) is 11.9 Å². The first-order chi connectivity index (χ1) is 11.4. The summed E-state index contributed by atoms with van der Waals surface area (Å²) in [6, 6.07) is 1.35. The minimum atomic E-state index is -0.534. The number of hydrogen-bond donors (Lipinski definition) is 0. The number of nitrogens with zero attached hydrogens (tertiary/aromatic N) is 3. The Labute approximate surface area is 142 Å². The van der Waals surface area contributed by atoms with E-state index in [1.165, 1.54) is 26.5 Å². The summed E-state index contributed by atoms with van der Waals surface area (Å²) < 4.78 is 34.8. The highest BCUT2D eigenvalue weighted by atomic mass is 19.1. The van der Waals surface area contributed by atoms with Gasteiger partial charge in [-0.05, 0) is 12.8 Å². The Balaban J connectivity index is 0.000000405. The molecule has 0 unspecified atom stereocenters. The minimum Gasteiger partial charge on any atom is -0.495 e. The third kappa shape index (κ3) is 6.85. The van der Waals surface area contributed by atoms with E-state index in [1.54, 1.807) is 6.92 Å². The SMILES string of the molecule is CC.COc1cc(F)cnc1C(C)C.COc1nc(C)ncc1F. The molecule has 7 heteroatoms. The van der Waals surface area contributed by atoms with Gasteiger partial charge in [0, 0.05) is 6.07 Å². The van der Waals surface area contributed by atoms with Gasteiger partial charge in [0.2, 0.25) is 5.82 Å². The van der Waals surface area contributed by atoms with E-state index in [-0.39, 0.29) is 17.6 Å². The second-order valence-electron chi connectivity index (χ2n) is 4.67. The van der Waals surface area contributed by atoms with Gasteiger partial charge in [-0.25, -0.2) is 9.37 Å². The lowest BCUT2D eigenvalue weighted by atomic mass is 10.1. The van der Waals surface area contributed by atoms with Crippen LogP contribution in [0.25, 0.3) is 0 Å². The summed E-state index contributed by atoms with van der Waals surface area (Å²) in [4.78, 5) is 11.3. The van der Waals surface area contributed by atoms with Crippen molar-refractivity contribution in [2.75, 3.05) is 14.2 Å². The lowest BCUT2D eigenvalue weighted by molar-refractivity contribution is 0.365. The van der Waals surface area contributed by atoms with E-state index < -0.39 is 5.82 Å². The van der Waals surface area contributed by atoms with Crippen molar-refractivity contribution in [1.82, 2.24) is 15.0 Å². The fourth-order valence-electron chi connectivity index (χ4n) is 1.61. The third-order valence-corrected chi connectivity index (χ3v) is 2.64. The molecule has 24 heavy (non-hydrogen) atoms. The first-order valence-corrected chi connectivity index (χ1v) is 7.61. The van der Waals surface area contributed by atoms with Crippen molar-refractivity contribution >= 4 is 0 Å². The van der Waals surface area contributed by atoms with Crippen LogP contribution in [0, 0.1) is 18.6 Å². The van der Waals surface area contributed by atoms with Gasteiger partial charge in [0.1, 0.15) is 17.4 Å². The highest BCUT2D eigenvalue weighted by Crippen LogP contribution is 2.23. The Morgan fingerprint density at radius 2 is 1.62 bits per heavy atom. The van der Waals surface area contributed by atoms with Gasteiger partial charge < -0.3 is 9.47 Å². The molecular weight excluding hydrogens is 316 g/mol. The Bertz CT molecular complexity index is 623. The zero-order valence-corrected chi connectivity index (χ0v) is 15.2. The molecule has 0 aliphatic rings. The van der Waals surface area contributed by atoms with Gasteiger partial charge in [-0.15, -0.1) is 0 Å². The first-order valence-electron chi connectivity index (χ1n) is 7.61. The van der Waals surface area contributed by atoms with Crippen molar-refractivity contribution in [2.24, 2.45) is 0 Å². The smallest absolute Gasteiger partial charge is 0.253 e. The molecule has 2 rings (SSSR count). The topological polar surface area (TPSA) is 57.1 Å². The van der Waals surface area contributed by atoms with E-state index in [1.807, 2.05) is 27.7 Å². The summed E-state index contributed by atoms with van der Waals surface area (Å²) in [5.74, 6) is 0.362. The van der Waals surface area contributed by atoms with E-state index in [4.69, 9.17) is 4.74 Å². The molecule has 0 radical (unpaired) electrons. The number of aryl methyl sites for hydroxylation is 1. The standard InChI is InChI=1S/C9H12FNO.C6H7FN2O.C2H6/c1-6(2)9-8(12-3)4-7(10)5-11-9;1-4-8-3-5(7)6(9-4)10-2;1-2/h4-6H,1-3H3;3H,1-2H3;1-2H3. The monoisotopic (exact) mass is 341 g/mol. The predicted octanol–water partition coefficient (Wildman–Crippen LogP) is 4.31. The third-order valence-electron chi connectivity index (χ3n) is 2.64. The van der Waals surface area contributed by atoms with Gasteiger partial charge in [-0.1, -0.05) is 27.7 Å². The predicted molar refractivity (Wildman–Crippen MR) is 89.5 cm³/mol. The molecule has 0 amide bonds. The summed E-state index contributed by atoms with van der Waals surface area (Å²) in [6.07, 6.45) is 2.29. The number of ether oxygens (including phenoxy) is 2.